The number of rotatable bonds is 6. The van der Waals surface area contributed by atoms with Gasteiger partial charge in [-0.2, -0.15) is 0 Å². The third kappa shape index (κ3) is 8.83. The van der Waals surface area contributed by atoms with Crippen molar-refractivity contribution < 1.29 is 113 Å². The second-order valence-electron chi connectivity index (χ2n) is 7.39. The molecule has 1 aliphatic carbocycles. The van der Waals surface area contributed by atoms with Crippen LogP contribution in [0.5, 0.6) is 0 Å². The summed E-state index contributed by atoms with van der Waals surface area (Å²) in [6.07, 6.45) is 5.86. The van der Waals surface area contributed by atoms with Crippen molar-refractivity contribution in [2.75, 3.05) is 6.16 Å². The zero-order valence-electron chi connectivity index (χ0n) is 18.1. The van der Waals surface area contributed by atoms with E-state index in [9.17, 15) is 14.8 Å². The van der Waals surface area contributed by atoms with Crippen LogP contribution in [0.2, 0.25) is 0 Å². The minimum atomic E-state index is -2.82. The molecule has 3 radical (unpaired) electrons. The van der Waals surface area contributed by atoms with Gasteiger partial charge in [0.15, 0.2) is 0 Å². The normalized spacial score (nSPS) is 18.2. The largest absolute Gasteiger partial charge is 0.388 e. The van der Waals surface area contributed by atoms with Crippen LogP contribution in [0, 0.1) is 0 Å². The topological polar surface area (TPSA) is 57.5 Å². The molecule has 2 aromatic rings. The molecule has 0 bridgehead atoms. The molecule has 0 unspecified atom stereocenters. The Bertz CT molecular complexity index is 826. The van der Waals surface area contributed by atoms with Gasteiger partial charge in [0.05, 0.1) is 12.2 Å². The Labute approximate surface area is 262 Å². The van der Waals surface area contributed by atoms with Crippen molar-refractivity contribution in [1.82, 2.24) is 0 Å². The smallest absolute Gasteiger partial charge is 0.146 e. The number of hydrogen-bond donors (Lipinski definition) is 2. The minimum absolute atomic E-state index is 0. The first kappa shape index (κ1) is 32.4. The molecule has 3 nitrogen and oxygen atoms in total. The third-order valence-electron chi connectivity index (χ3n) is 5.33. The standard InChI is InChI=1S/C24H29O3P.3Y/c1-2-3-14-22-23(25)17-19(18-24(22)26)15-16-28(27,20-10-6-4-7-11-20)21-12-8-5-9-13-21;;;/h4-15,23-26H,2-3,16-18H2,1H3;;;/t23-,24-;;;/m1.../s1. The summed E-state index contributed by atoms with van der Waals surface area (Å²) in [6.45, 7) is 2.08. The van der Waals surface area contributed by atoms with Gasteiger partial charge in [-0.3, -0.25) is 0 Å². The summed E-state index contributed by atoms with van der Waals surface area (Å²) in [7, 11) is -2.82. The molecule has 31 heavy (non-hydrogen) atoms. The molecule has 7 heteroatoms. The van der Waals surface area contributed by atoms with E-state index in [1.807, 2.05) is 72.8 Å². The Balaban J connectivity index is 0.00000300. The first-order chi connectivity index (χ1) is 13.5. The molecule has 2 aromatic carbocycles. The van der Waals surface area contributed by atoms with Gasteiger partial charge in [0, 0.05) is 115 Å². The van der Waals surface area contributed by atoms with Crippen molar-refractivity contribution in [2.24, 2.45) is 0 Å². The van der Waals surface area contributed by atoms with Gasteiger partial charge in [0.25, 0.3) is 0 Å². The van der Waals surface area contributed by atoms with E-state index in [2.05, 4.69) is 6.92 Å². The van der Waals surface area contributed by atoms with Crippen LogP contribution in [0.3, 0.4) is 0 Å². The van der Waals surface area contributed by atoms with Crippen LogP contribution in [0.1, 0.15) is 32.6 Å². The Morgan fingerprint density at radius 1 is 0.839 bits per heavy atom. The molecule has 0 aliphatic heterocycles. The summed E-state index contributed by atoms with van der Waals surface area (Å²) >= 11 is 0. The molecule has 2 N–H and O–H groups in total. The van der Waals surface area contributed by atoms with Crippen LogP contribution in [0.4, 0.5) is 0 Å². The number of unbranched alkanes of at least 4 members (excludes halogenated alkanes) is 1. The summed E-state index contributed by atoms with van der Waals surface area (Å²) in [6, 6.07) is 19.2. The fourth-order valence-electron chi connectivity index (χ4n) is 3.74. The number of benzene rings is 2. The van der Waals surface area contributed by atoms with Gasteiger partial charge in [-0.25, -0.2) is 0 Å². The molecule has 1 aliphatic rings. The van der Waals surface area contributed by atoms with Crippen molar-refractivity contribution in [3.63, 3.8) is 0 Å². The minimum Gasteiger partial charge on any atom is -0.388 e. The van der Waals surface area contributed by atoms with Crippen LogP contribution < -0.4 is 10.6 Å². The van der Waals surface area contributed by atoms with Gasteiger partial charge < -0.3 is 14.8 Å². The van der Waals surface area contributed by atoms with E-state index in [-0.39, 0.29) is 98.1 Å². The molecule has 0 spiro atoms. The van der Waals surface area contributed by atoms with Gasteiger partial charge in [0.2, 0.25) is 0 Å². The fraction of sp³-hybridized carbons (Fsp3) is 0.333. The van der Waals surface area contributed by atoms with Crippen LogP contribution >= 0.6 is 7.14 Å². The van der Waals surface area contributed by atoms with Crippen LogP contribution in [0.15, 0.2) is 84.0 Å². The molecule has 0 heterocycles. The average molecular weight is 663 g/mol. The molecular formula is C24H29O3PY3. The second-order valence-corrected chi connectivity index (χ2v) is 10.3. The van der Waals surface area contributed by atoms with Crippen molar-refractivity contribution in [2.45, 2.75) is 44.8 Å². The van der Waals surface area contributed by atoms with Crippen LogP contribution in [-0.2, 0) is 103 Å². The average Bonchev–Trinajstić information content (AvgIpc) is 2.73. The number of hydrogen-bond acceptors (Lipinski definition) is 3. The molecule has 0 aromatic heterocycles. The third-order valence-corrected chi connectivity index (χ3v) is 8.29. The summed E-state index contributed by atoms with van der Waals surface area (Å²) in [5.41, 5.74) is 1.70. The van der Waals surface area contributed by atoms with Crippen molar-refractivity contribution in [3.05, 3.63) is 84.0 Å². The van der Waals surface area contributed by atoms with Gasteiger partial charge in [-0.1, -0.05) is 91.7 Å². The zero-order valence-corrected chi connectivity index (χ0v) is 27.5. The summed E-state index contributed by atoms with van der Waals surface area (Å²) in [5, 5.41) is 22.6. The predicted octanol–water partition coefficient (Wildman–Crippen LogP) is 4.16. The Hall–Kier alpha value is 1.38. The molecule has 2 atom stereocenters. The number of allylic oxidation sites excluding steroid dienone is 2. The molecule has 1 saturated carbocycles. The Morgan fingerprint density at radius 3 is 1.71 bits per heavy atom. The van der Waals surface area contributed by atoms with Crippen molar-refractivity contribution in [1.29, 1.82) is 0 Å². The van der Waals surface area contributed by atoms with Crippen LogP contribution in [0.25, 0.3) is 0 Å². The first-order valence-corrected chi connectivity index (χ1v) is 11.9. The summed E-state index contributed by atoms with van der Waals surface area (Å²) in [5.74, 6) is 0. The Morgan fingerprint density at radius 2 is 1.29 bits per heavy atom. The van der Waals surface area contributed by atoms with E-state index in [1.54, 1.807) is 0 Å². The van der Waals surface area contributed by atoms with Crippen molar-refractivity contribution in [3.8, 4) is 0 Å². The summed E-state index contributed by atoms with van der Waals surface area (Å²) < 4.78 is 14.0. The second kappa shape index (κ2) is 16.1. The molecule has 0 saturated heterocycles. The fourth-order valence-corrected chi connectivity index (χ4v) is 6.29. The summed E-state index contributed by atoms with van der Waals surface area (Å²) in [4.78, 5) is 0. The monoisotopic (exact) mass is 663 g/mol. The van der Waals surface area contributed by atoms with E-state index in [4.69, 9.17) is 0 Å². The number of aliphatic hydroxyl groups is 2. The zero-order chi connectivity index (χ0) is 20.0. The molecule has 157 valence electrons. The van der Waals surface area contributed by atoms with E-state index < -0.39 is 19.3 Å². The van der Waals surface area contributed by atoms with Crippen molar-refractivity contribution >= 4 is 17.8 Å². The molecule has 1 fully saturated rings. The molecule has 3 rings (SSSR count). The molecular weight excluding hydrogens is 634 g/mol. The molecule has 0 amide bonds. The maximum atomic E-state index is 14.0. The van der Waals surface area contributed by atoms with Gasteiger partial charge in [0.1, 0.15) is 7.14 Å². The van der Waals surface area contributed by atoms with E-state index >= 15 is 0 Å². The van der Waals surface area contributed by atoms with Gasteiger partial charge >= 0.3 is 0 Å². The first-order valence-electron chi connectivity index (χ1n) is 9.99. The SMILES string of the molecule is CCCC=C1[C@H](O)CC(=CCP(=O)(c2ccccc2)c2ccccc2)C[C@H]1O.[Y].[Y].[Y]. The van der Waals surface area contributed by atoms with Gasteiger partial charge in [-0.15, -0.1) is 0 Å². The quantitative estimate of drug-likeness (QED) is 0.361. The Kier molecular flexibility index (Phi) is 16.8. The predicted molar refractivity (Wildman–Crippen MR) is 117 cm³/mol. The maximum absolute atomic E-state index is 14.0. The number of aliphatic hydroxyl groups excluding tert-OH is 2. The van der Waals surface area contributed by atoms with E-state index in [0.717, 1.165) is 34.6 Å². The van der Waals surface area contributed by atoms with Crippen LogP contribution in [-0.4, -0.2) is 28.6 Å². The van der Waals surface area contributed by atoms with E-state index in [0.29, 0.717) is 19.0 Å². The maximum Gasteiger partial charge on any atom is 0.146 e. The van der Waals surface area contributed by atoms with E-state index in [1.165, 1.54) is 0 Å². The van der Waals surface area contributed by atoms with Gasteiger partial charge in [-0.05, 0) is 24.8 Å².